The molecule has 0 saturated carbocycles. The SMILES string of the molecule is CSCC[C@H](NCc1cccc(OCc2ccccc2F)c1)C(=O)O. The van der Waals surface area contributed by atoms with E-state index >= 15 is 0 Å². The molecule has 0 aliphatic rings. The van der Waals surface area contributed by atoms with E-state index in [4.69, 9.17) is 4.74 Å². The Kier molecular flexibility index (Phi) is 7.76. The maximum absolute atomic E-state index is 13.6. The van der Waals surface area contributed by atoms with Crippen LogP contribution in [0, 0.1) is 5.82 Å². The van der Waals surface area contributed by atoms with Gasteiger partial charge >= 0.3 is 5.97 Å². The third kappa shape index (κ3) is 6.40. The maximum Gasteiger partial charge on any atom is 0.320 e. The summed E-state index contributed by atoms with van der Waals surface area (Å²) in [6.45, 7) is 0.581. The first-order chi connectivity index (χ1) is 12.1. The third-order valence-corrected chi connectivity index (χ3v) is 4.36. The first-order valence-corrected chi connectivity index (χ1v) is 9.40. The van der Waals surface area contributed by atoms with Crippen LogP contribution < -0.4 is 10.1 Å². The van der Waals surface area contributed by atoms with E-state index in [1.54, 1.807) is 36.0 Å². The molecule has 0 bridgehead atoms. The summed E-state index contributed by atoms with van der Waals surface area (Å²) in [5.41, 5.74) is 1.41. The smallest absolute Gasteiger partial charge is 0.320 e. The lowest BCUT2D eigenvalue weighted by Crippen LogP contribution is -2.36. The van der Waals surface area contributed by atoms with Crippen molar-refractivity contribution in [3.05, 3.63) is 65.5 Å². The van der Waals surface area contributed by atoms with Gasteiger partial charge in [-0.25, -0.2) is 4.39 Å². The van der Waals surface area contributed by atoms with E-state index in [0.29, 0.717) is 24.3 Å². The van der Waals surface area contributed by atoms with Gasteiger partial charge in [0.25, 0.3) is 0 Å². The molecule has 2 N–H and O–H groups in total. The van der Waals surface area contributed by atoms with Gasteiger partial charge in [-0.2, -0.15) is 11.8 Å². The molecule has 0 aromatic heterocycles. The standard InChI is InChI=1S/C19H22FNO3S/c1-25-10-9-18(19(22)23)21-12-14-5-4-7-16(11-14)24-13-15-6-2-3-8-17(15)20/h2-8,11,18,21H,9-10,12-13H2,1H3,(H,22,23)/t18-/m0/s1. The molecule has 4 nitrogen and oxygen atoms in total. The van der Waals surface area contributed by atoms with Crippen LogP contribution in [0.5, 0.6) is 5.75 Å². The first-order valence-electron chi connectivity index (χ1n) is 8.00. The fraction of sp³-hybridized carbons (Fsp3) is 0.316. The Hall–Kier alpha value is -2.05. The number of thioether (sulfide) groups is 1. The number of nitrogens with one attached hydrogen (secondary N) is 1. The van der Waals surface area contributed by atoms with Crippen LogP contribution >= 0.6 is 11.8 Å². The Morgan fingerprint density at radius 1 is 1.28 bits per heavy atom. The van der Waals surface area contributed by atoms with Crippen molar-refractivity contribution in [3.63, 3.8) is 0 Å². The molecule has 0 fully saturated rings. The molecule has 0 heterocycles. The molecule has 134 valence electrons. The highest BCUT2D eigenvalue weighted by atomic mass is 32.2. The minimum atomic E-state index is -0.846. The highest BCUT2D eigenvalue weighted by Gasteiger charge is 2.15. The fourth-order valence-electron chi connectivity index (χ4n) is 2.31. The second-order valence-corrected chi connectivity index (χ2v) is 6.57. The minimum Gasteiger partial charge on any atom is -0.489 e. The molecule has 2 aromatic carbocycles. The predicted octanol–water partition coefficient (Wildman–Crippen LogP) is 3.70. The number of benzene rings is 2. The lowest BCUT2D eigenvalue weighted by atomic mass is 10.1. The fourth-order valence-corrected chi connectivity index (χ4v) is 2.78. The van der Waals surface area contributed by atoms with Crippen LogP contribution in [0.1, 0.15) is 17.5 Å². The minimum absolute atomic E-state index is 0.148. The van der Waals surface area contributed by atoms with Crippen molar-refractivity contribution in [2.45, 2.75) is 25.6 Å². The molecule has 1 atom stereocenters. The van der Waals surface area contributed by atoms with Gasteiger partial charge in [-0.15, -0.1) is 0 Å². The van der Waals surface area contributed by atoms with Gasteiger partial charge in [0.2, 0.25) is 0 Å². The molecule has 0 saturated heterocycles. The van der Waals surface area contributed by atoms with Gasteiger partial charge in [0.15, 0.2) is 0 Å². The molecule has 6 heteroatoms. The van der Waals surface area contributed by atoms with E-state index < -0.39 is 12.0 Å². The number of carboxylic acid groups (broad SMARTS) is 1. The van der Waals surface area contributed by atoms with E-state index in [-0.39, 0.29) is 12.4 Å². The van der Waals surface area contributed by atoms with Crippen LogP contribution in [0.15, 0.2) is 48.5 Å². The summed E-state index contributed by atoms with van der Waals surface area (Å²) in [7, 11) is 0. The number of hydrogen-bond donors (Lipinski definition) is 2. The average Bonchev–Trinajstić information content (AvgIpc) is 2.61. The second-order valence-electron chi connectivity index (χ2n) is 5.58. The van der Waals surface area contributed by atoms with Crippen molar-refractivity contribution in [1.29, 1.82) is 0 Å². The van der Waals surface area contributed by atoms with Crippen LogP contribution in [0.2, 0.25) is 0 Å². The van der Waals surface area contributed by atoms with E-state index in [2.05, 4.69) is 5.32 Å². The molecular weight excluding hydrogens is 341 g/mol. The van der Waals surface area contributed by atoms with Gasteiger partial charge in [0.05, 0.1) is 0 Å². The van der Waals surface area contributed by atoms with Crippen molar-refractivity contribution < 1.29 is 19.0 Å². The zero-order valence-corrected chi connectivity index (χ0v) is 14.9. The number of ether oxygens (including phenoxy) is 1. The molecule has 0 radical (unpaired) electrons. The monoisotopic (exact) mass is 363 g/mol. The summed E-state index contributed by atoms with van der Waals surface area (Å²) in [6, 6.07) is 13.3. The van der Waals surface area contributed by atoms with Gasteiger partial charge in [0.1, 0.15) is 24.2 Å². The van der Waals surface area contributed by atoms with Crippen LogP contribution in [-0.4, -0.2) is 29.1 Å². The summed E-state index contributed by atoms with van der Waals surface area (Å²) < 4.78 is 19.3. The highest BCUT2D eigenvalue weighted by Crippen LogP contribution is 2.16. The molecule has 0 amide bonds. The lowest BCUT2D eigenvalue weighted by Gasteiger charge is -2.14. The predicted molar refractivity (Wildman–Crippen MR) is 98.4 cm³/mol. The number of hydrogen-bond acceptors (Lipinski definition) is 4. The maximum atomic E-state index is 13.6. The van der Waals surface area contributed by atoms with Crippen LogP contribution in [-0.2, 0) is 17.9 Å². The average molecular weight is 363 g/mol. The highest BCUT2D eigenvalue weighted by molar-refractivity contribution is 7.98. The van der Waals surface area contributed by atoms with Gasteiger partial charge in [-0.1, -0.05) is 30.3 Å². The summed E-state index contributed by atoms with van der Waals surface area (Å²) >= 11 is 1.62. The van der Waals surface area contributed by atoms with Crippen LogP contribution in [0.3, 0.4) is 0 Å². The zero-order valence-electron chi connectivity index (χ0n) is 14.1. The van der Waals surface area contributed by atoms with Crippen LogP contribution in [0.25, 0.3) is 0 Å². The molecule has 25 heavy (non-hydrogen) atoms. The summed E-state index contributed by atoms with van der Waals surface area (Å²) in [6.07, 6.45) is 2.52. The van der Waals surface area contributed by atoms with Crippen molar-refractivity contribution in [2.24, 2.45) is 0 Å². The Morgan fingerprint density at radius 2 is 2.08 bits per heavy atom. The summed E-state index contributed by atoms with van der Waals surface area (Å²) in [4.78, 5) is 11.3. The molecule has 0 unspecified atom stereocenters. The van der Waals surface area contributed by atoms with Crippen LogP contribution in [0.4, 0.5) is 4.39 Å². The Labute approximate surface area is 151 Å². The first kappa shape index (κ1) is 19.3. The number of aliphatic carboxylic acids is 1. The van der Waals surface area contributed by atoms with E-state index in [9.17, 15) is 14.3 Å². The van der Waals surface area contributed by atoms with E-state index in [1.165, 1.54) is 6.07 Å². The number of carboxylic acids is 1. The molecular formula is C19H22FNO3S. The number of rotatable bonds is 10. The van der Waals surface area contributed by atoms with Gasteiger partial charge in [0, 0.05) is 12.1 Å². The molecule has 0 spiro atoms. The Bertz CT molecular complexity index is 696. The number of carbonyl (C=O) groups is 1. The Morgan fingerprint density at radius 3 is 2.80 bits per heavy atom. The van der Waals surface area contributed by atoms with Gasteiger partial charge in [-0.05, 0) is 42.2 Å². The normalized spacial score (nSPS) is 11.9. The molecule has 0 aliphatic heterocycles. The summed E-state index contributed by atoms with van der Waals surface area (Å²) in [5.74, 6) is 0.272. The Balaban J connectivity index is 1.92. The van der Waals surface area contributed by atoms with E-state index in [0.717, 1.165) is 11.3 Å². The number of halogens is 1. The second kappa shape index (κ2) is 10.1. The largest absolute Gasteiger partial charge is 0.489 e. The molecule has 2 rings (SSSR count). The molecule has 0 aliphatic carbocycles. The van der Waals surface area contributed by atoms with E-state index in [1.807, 2.05) is 24.5 Å². The lowest BCUT2D eigenvalue weighted by molar-refractivity contribution is -0.139. The molecule has 2 aromatic rings. The van der Waals surface area contributed by atoms with Gasteiger partial charge < -0.3 is 15.2 Å². The third-order valence-electron chi connectivity index (χ3n) is 3.71. The quantitative estimate of drug-likeness (QED) is 0.674. The zero-order chi connectivity index (χ0) is 18.1. The topological polar surface area (TPSA) is 58.6 Å². The summed E-state index contributed by atoms with van der Waals surface area (Å²) in [5, 5.41) is 12.3. The van der Waals surface area contributed by atoms with Crippen molar-refractivity contribution in [3.8, 4) is 5.75 Å². The van der Waals surface area contributed by atoms with Crippen molar-refractivity contribution in [1.82, 2.24) is 5.32 Å². The van der Waals surface area contributed by atoms with Crippen molar-refractivity contribution >= 4 is 17.7 Å². The van der Waals surface area contributed by atoms with Gasteiger partial charge in [-0.3, -0.25) is 4.79 Å². The van der Waals surface area contributed by atoms with Crippen molar-refractivity contribution in [2.75, 3.05) is 12.0 Å².